The van der Waals surface area contributed by atoms with Gasteiger partial charge in [-0.1, -0.05) is 0 Å². The van der Waals surface area contributed by atoms with Gasteiger partial charge < -0.3 is 5.11 Å². The minimum absolute atomic E-state index is 0.0794. The second-order valence-electron chi connectivity index (χ2n) is 1.58. The molecule has 0 aliphatic carbocycles. The minimum atomic E-state index is -3.35. The predicted octanol–water partition coefficient (Wildman–Crippen LogP) is -0.608. The number of hydrogen-bond acceptors (Lipinski definition) is 6. The van der Waals surface area contributed by atoms with Gasteiger partial charge in [0.05, 0.1) is 13.2 Å². The molecule has 0 aromatic carbocycles. The summed E-state index contributed by atoms with van der Waals surface area (Å²) in [7, 11) is -3.35. The van der Waals surface area contributed by atoms with E-state index in [0.717, 1.165) is 0 Å². The second-order valence-corrected chi connectivity index (χ2v) is 3.16. The van der Waals surface area contributed by atoms with Crippen LogP contribution in [0, 0.1) is 0 Å². The average molecular weight is 169 g/mol. The highest BCUT2D eigenvalue weighted by Crippen LogP contribution is 2.58. The molecule has 0 aromatic rings. The van der Waals surface area contributed by atoms with Gasteiger partial charge in [-0.2, -0.15) is 0 Å². The molecule has 0 saturated carbocycles. The van der Waals surface area contributed by atoms with Crippen molar-refractivity contribution in [1.82, 2.24) is 0 Å². The van der Waals surface area contributed by atoms with Crippen LogP contribution in [-0.2, 0) is 18.1 Å². The number of hydrogen-bond donors (Lipinski definition) is 2. The Bertz CT molecular complexity index is 151. The fourth-order valence-corrected chi connectivity index (χ4v) is 1.43. The van der Waals surface area contributed by atoms with E-state index >= 15 is 0 Å². The third-order valence-corrected chi connectivity index (χ3v) is 2.24. The van der Waals surface area contributed by atoms with Gasteiger partial charge in [0.25, 0.3) is 0 Å². The second kappa shape index (κ2) is 2.96. The lowest BCUT2D eigenvalue weighted by Crippen LogP contribution is -2.35. The first-order chi connectivity index (χ1) is 4.66. The number of aliphatic hydroxyl groups excluding tert-OH is 1. The molecule has 0 unspecified atom stereocenters. The third kappa shape index (κ3) is 1.76. The fourth-order valence-electron chi connectivity index (χ4n) is 0.476. The molecule has 1 rings (SSSR count). The lowest BCUT2D eigenvalue weighted by Gasteiger charge is -2.30. The van der Waals surface area contributed by atoms with Crippen molar-refractivity contribution in [3.8, 4) is 0 Å². The molecule has 0 aromatic heterocycles. The van der Waals surface area contributed by atoms with E-state index in [1.54, 1.807) is 0 Å². The molecule has 10 heavy (non-hydrogen) atoms. The first-order valence-electron chi connectivity index (χ1n) is 2.64. The summed E-state index contributed by atoms with van der Waals surface area (Å²) in [6.07, 6.45) is -0.954. The van der Waals surface area contributed by atoms with Gasteiger partial charge in [-0.05, 0) is 0 Å². The maximum atomic E-state index is 10.8. The number of phosphoric ester groups is 1. The molecule has 0 amide bonds. The van der Waals surface area contributed by atoms with E-state index in [9.17, 15) is 4.57 Å². The average Bonchev–Trinajstić information content (AvgIpc) is 1.81. The monoisotopic (exact) mass is 169 g/mol. The first-order valence-corrected chi connectivity index (χ1v) is 4.10. The quantitative estimate of drug-likeness (QED) is 0.547. The highest BCUT2D eigenvalue weighted by Gasteiger charge is 2.42. The predicted molar refractivity (Wildman–Crippen MR) is 30.8 cm³/mol. The van der Waals surface area contributed by atoms with Crippen LogP contribution in [0.2, 0.25) is 0 Å². The van der Waals surface area contributed by atoms with Crippen LogP contribution < -0.4 is 5.73 Å². The van der Waals surface area contributed by atoms with Crippen molar-refractivity contribution < 1.29 is 23.2 Å². The van der Waals surface area contributed by atoms with Crippen molar-refractivity contribution in [3.05, 3.63) is 0 Å². The number of phosphoric acid groups is 1. The number of aliphatic hydroxyl groups is 1. The van der Waals surface area contributed by atoms with E-state index in [2.05, 4.69) is 13.6 Å². The van der Waals surface area contributed by atoms with Crippen molar-refractivity contribution in [2.24, 2.45) is 5.73 Å². The molecule has 0 spiro atoms. The summed E-state index contributed by atoms with van der Waals surface area (Å²) in [5.41, 5.74) is 4.97. The Labute approximate surface area is 57.5 Å². The van der Waals surface area contributed by atoms with Crippen LogP contribution in [0.4, 0.5) is 0 Å². The number of rotatable bonds is 3. The summed E-state index contributed by atoms with van der Waals surface area (Å²) in [5.74, 6) is 0. The van der Waals surface area contributed by atoms with Gasteiger partial charge >= 0.3 is 7.82 Å². The summed E-state index contributed by atoms with van der Waals surface area (Å²) < 4.78 is 24.1. The summed E-state index contributed by atoms with van der Waals surface area (Å²) >= 11 is 0. The van der Waals surface area contributed by atoms with Crippen LogP contribution in [0.3, 0.4) is 0 Å². The summed E-state index contributed by atoms with van der Waals surface area (Å²) in [6.45, 7) is -0.310. The molecule has 0 atom stereocenters. The largest absolute Gasteiger partial charge is 0.481 e. The molecule has 3 N–H and O–H groups in total. The smallest absolute Gasteiger partial charge is 0.394 e. The summed E-state index contributed by atoms with van der Waals surface area (Å²) in [6, 6.07) is 0. The molecule has 60 valence electrons. The molecule has 7 heteroatoms. The minimum Gasteiger partial charge on any atom is -0.394 e. The molecular weight excluding hydrogens is 161 g/mol. The number of nitrogens with two attached hydrogens (primary N) is 1. The van der Waals surface area contributed by atoms with Crippen LogP contribution in [0.15, 0.2) is 0 Å². The molecular formula is C3H8NO5P. The van der Waals surface area contributed by atoms with Crippen LogP contribution in [-0.4, -0.2) is 24.7 Å². The van der Waals surface area contributed by atoms with Crippen molar-refractivity contribution in [3.63, 3.8) is 0 Å². The zero-order valence-corrected chi connectivity index (χ0v) is 5.99. The normalized spacial score (nSPS) is 39.2. The van der Waals surface area contributed by atoms with Gasteiger partial charge in [0, 0.05) is 0 Å². The van der Waals surface area contributed by atoms with Gasteiger partial charge in [0.1, 0.15) is 0 Å². The Kier molecular flexibility index (Phi) is 2.40. The standard InChI is InChI=1S/C3H8NO5P/c4-3-8-10(6,9-3)7-2-1-5/h3,5H,1-2,4H2. The summed E-state index contributed by atoms with van der Waals surface area (Å²) in [5, 5.41) is 8.23. The Balaban J connectivity index is 2.22. The van der Waals surface area contributed by atoms with E-state index in [0.29, 0.717) is 0 Å². The molecule has 0 radical (unpaired) electrons. The van der Waals surface area contributed by atoms with E-state index in [1.165, 1.54) is 0 Å². The SMILES string of the molecule is NC1OP(=O)(OCCO)O1. The van der Waals surface area contributed by atoms with E-state index in [-0.39, 0.29) is 13.2 Å². The van der Waals surface area contributed by atoms with Crippen LogP contribution >= 0.6 is 7.82 Å². The highest BCUT2D eigenvalue weighted by molar-refractivity contribution is 7.49. The van der Waals surface area contributed by atoms with Crippen molar-refractivity contribution >= 4 is 7.82 Å². The maximum Gasteiger partial charge on any atom is 0.481 e. The molecule has 1 saturated heterocycles. The topological polar surface area (TPSA) is 91.0 Å². The van der Waals surface area contributed by atoms with E-state index < -0.39 is 14.2 Å². The molecule has 0 bridgehead atoms. The van der Waals surface area contributed by atoms with Gasteiger partial charge in [0.15, 0.2) is 0 Å². The van der Waals surface area contributed by atoms with Gasteiger partial charge in [-0.15, -0.1) is 0 Å². The summed E-state index contributed by atoms with van der Waals surface area (Å²) in [4.78, 5) is 0. The molecule has 1 fully saturated rings. The Morgan fingerprint density at radius 2 is 2.30 bits per heavy atom. The molecule has 1 heterocycles. The highest BCUT2D eigenvalue weighted by atomic mass is 31.2. The lowest BCUT2D eigenvalue weighted by molar-refractivity contribution is -0.123. The molecule has 1 aliphatic rings. The van der Waals surface area contributed by atoms with Crippen molar-refractivity contribution in [2.75, 3.05) is 13.2 Å². The molecule has 1 aliphatic heterocycles. The van der Waals surface area contributed by atoms with Gasteiger partial charge in [0.2, 0.25) is 6.41 Å². The zero-order valence-electron chi connectivity index (χ0n) is 5.10. The Morgan fingerprint density at radius 3 is 2.70 bits per heavy atom. The van der Waals surface area contributed by atoms with Crippen molar-refractivity contribution in [1.29, 1.82) is 0 Å². The third-order valence-electron chi connectivity index (χ3n) is 0.807. The zero-order chi connectivity index (χ0) is 7.61. The van der Waals surface area contributed by atoms with Gasteiger partial charge in [-0.3, -0.25) is 10.3 Å². The Morgan fingerprint density at radius 1 is 1.70 bits per heavy atom. The first kappa shape index (κ1) is 8.13. The van der Waals surface area contributed by atoms with Crippen LogP contribution in [0.1, 0.15) is 0 Å². The van der Waals surface area contributed by atoms with Crippen molar-refractivity contribution in [2.45, 2.75) is 6.41 Å². The van der Waals surface area contributed by atoms with E-state index in [1.807, 2.05) is 0 Å². The molecule has 6 nitrogen and oxygen atoms in total. The van der Waals surface area contributed by atoms with E-state index in [4.69, 9.17) is 10.8 Å². The maximum absolute atomic E-state index is 10.8. The lowest BCUT2D eigenvalue weighted by atomic mass is 10.8. The van der Waals surface area contributed by atoms with Crippen LogP contribution in [0.25, 0.3) is 0 Å². The fraction of sp³-hybridized carbons (Fsp3) is 1.00. The van der Waals surface area contributed by atoms with Crippen LogP contribution in [0.5, 0.6) is 0 Å². The van der Waals surface area contributed by atoms with Gasteiger partial charge in [-0.25, -0.2) is 13.6 Å². The Hall–Kier alpha value is 0.0300.